The van der Waals surface area contributed by atoms with E-state index >= 15 is 0 Å². The Bertz CT molecular complexity index is 1070. The Hall–Kier alpha value is -3.31. The van der Waals surface area contributed by atoms with Crippen LogP contribution in [0, 0.1) is 5.82 Å². The third kappa shape index (κ3) is 6.14. The number of hydrogen-bond donors (Lipinski definition) is 1. The lowest BCUT2D eigenvalue weighted by Gasteiger charge is -2.26. The molecule has 0 radical (unpaired) electrons. The molecule has 174 valence electrons. The molecule has 0 amide bonds. The number of fused-ring (bicyclic) bond motifs is 1. The monoisotopic (exact) mass is 449 g/mol. The third-order valence-corrected chi connectivity index (χ3v) is 5.43. The van der Waals surface area contributed by atoms with Crippen LogP contribution in [0.5, 0.6) is 17.2 Å². The zero-order chi connectivity index (χ0) is 23.6. The molecule has 1 heterocycles. The van der Waals surface area contributed by atoms with E-state index in [4.69, 9.17) is 14.2 Å². The minimum absolute atomic E-state index is 0.0395. The maximum atomic E-state index is 14.3. The summed E-state index contributed by atoms with van der Waals surface area (Å²) in [6, 6.07) is 19.0. The summed E-state index contributed by atoms with van der Waals surface area (Å²) in [7, 11) is 3.17. The number of rotatable bonds is 7. The second-order valence-electron chi connectivity index (χ2n) is 7.40. The summed E-state index contributed by atoms with van der Waals surface area (Å²) in [5.41, 5.74) is 3.93. The molecule has 0 spiro atoms. The Morgan fingerprint density at radius 2 is 1.76 bits per heavy atom. The highest BCUT2D eigenvalue weighted by Crippen LogP contribution is 2.36. The Kier molecular flexibility index (Phi) is 8.90. The minimum atomic E-state index is -0.311. The van der Waals surface area contributed by atoms with Crippen LogP contribution < -0.4 is 19.5 Å². The van der Waals surface area contributed by atoms with Gasteiger partial charge in [-0.2, -0.15) is 0 Å². The summed E-state index contributed by atoms with van der Waals surface area (Å²) in [5, 5.41) is 3.49. The topological polar surface area (TPSA) is 39.7 Å². The van der Waals surface area contributed by atoms with Crippen molar-refractivity contribution in [2.75, 3.05) is 20.8 Å². The van der Waals surface area contributed by atoms with Crippen LogP contribution in [-0.2, 0) is 13.0 Å². The number of hydrogen-bond acceptors (Lipinski definition) is 4. The molecular formula is C28H32FNO3. The fourth-order valence-corrected chi connectivity index (χ4v) is 3.75. The normalized spacial score (nSPS) is 14.8. The van der Waals surface area contributed by atoms with Crippen molar-refractivity contribution in [1.82, 2.24) is 5.32 Å². The molecule has 0 aromatic heterocycles. The third-order valence-electron chi connectivity index (χ3n) is 5.43. The predicted molar refractivity (Wildman–Crippen MR) is 132 cm³/mol. The van der Waals surface area contributed by atoms with Crippen LogP contribution in [0.4, 0.5) is 4.39 Å². The highest BCUT2D eigenvalue weighted by molar-refractivity contribution is 5.55. The van der Waals surface area contributed by atoms with Gasteiger partial charge >= 0.3 is 0 Å². The predicted octanol–water partition coefficient (Wildman–Crippen LogP) is 6.35. The van der Waals surface area contributed by atoms with Crippen molar-refractivity contribution >= 4 is 6.08 Å². The van der Waals surface area contributed by atoms with E-state index in [1.807, 2.05) is 56.3 Å². The van der Waals surface area contributed by atoms with Gasteiger partial charge < -0.3 is 19.5 Å². The first-order valence-corrected chi connectivity index (χ1v) is 11.3. The summed E-state index contributed by atoms with van der Waals surface area (Å²) in [4.78, 5) is 0. The van der Waals surface area contributed by atoms with E-state index in [-0.39, 0.29) is 11.9 Å². The number of benzene rings is 3. The van der Waals surface area contributed by atoms with Crippen molar-refractivity contribution in [3.63, 3.8) is 0 Å². The second-order valence-corrected chi connectivity index (χ2v) is 7.40. The largest absolute Gasteiger partial charge is 0.497 e. The molecule has 1 aliphatic heterocycles. The van der Waals surface area contributed by atoms with E-state index < -0.39 is 0 Å². The van der Waals surface area contributed by atoms with E-state index in [2.05, 4.69) is 11.4 Å². The van der Waals surface area contributed by atoms with Gasteiger partial charge in [0.05, 0.1) is 20.3 Å². The Balaban J connectivity index is 0.00000149. The van der Waals surface area contributed by atoms with Crippen LogP contribution >= 0.6 is 0 Å². The summed E-state index contributed by atoms with van der Waals surface area (Å²) >= 11 is 0. The fraction of sp³-hybridized carbons (Fsp3) is 0.286. The van der Waals surface area contributed by atoms with Crippen LogP contribution in [0.1, 0.15) is 42.1 Å². The van der Waals surface area contributed by atoms with Crippen molar-refractivity contribution < 1.29 is 18.6 Å². The lowest BCUT2D eigenvalue weighted by molar-refractivity contribution is 0.283. The number of nitrogens with one attached hydrogen (secondary N) is 1. The first-order valence-electron chi connectivity index (χ1n) is 11.3. The van der Waals surface area contributed by atoms with E-state index in [1.54, 1.807) is 25.3 Å². The van der Waals surface area contributed by atoms with Crippen molar-refractivity contribution in [3.05, 3.63) is 94.8 Å². The van der Waals surface area contributed by atoms with E-state index in [0.717, 1.165) is 29.8 Å². The van der Waals surface area contributed by atoms with E-state index in [0.29, 0.717) is 23.7 Å². The Morgan fingerprint density at radius 1 is 0.970 bits per heavy atom. The van der Waals surface area contributed by atoms with Gasteiger partial charge in [0.15, 0.2) is 11.5 Å². The molecule has 5 heteroatoms. The van der Waals surface area contributed by atoms with Crippen LogP contribution in [0.25, 0.3) is 6.08 Å². The maximum Gasteiger partial charge on any atom is 0.161 e. The Labute approximate surface area is 196 Å². The Morgan fingerprint density at radius 3 is 2.45 bits per heavy atom. The average molecular weight is 450 g/mol. The molecule has 0 saturated carbocycles. The van der Waals surface area contributed by atoms with Crippen molar-refractivity contribution in [2.45, 2.75) is 32.9 Å². The fourth-order valence-electron chi connectivity index (χ4n) is 3.75. The maximum absolute atomic E-state index is 14.3. The molecule has 1 aliphatic rings. The summed E-state index contributed by atoms with van der Waals surface area (Å²) in [5.74, 6) is 1.61. The van der Waals surface area contributed by atoms with Gasteiger partial charge in [0.25, 0.3) is 0 Å². The summed E-state index contributed by atoms with van der Waals surface area (Å²) in [6.45, 7) is 5.31. The highest BCUT2D eigenvalue weighted by Gasteiger charge is 2.21. The van der Waals surface area contributed by atoms with Gasteiger partial charge in [0.1, 0.15) is 18.2 Å². The van der Waals surface area contributed by atoms with Gasteiger partial charge in [-0.25, -0.2) is 4.39 Å². The van der Waals surface area contributed by atoms with Gasteiger partial charge in [0.2, 0.25) is 0 Å². The molecule has 0 aliphatic carbocycles. The summed E-state index contributed by atoms with van der Waals surface area (Å²) < 4.78 is 31.0. The molecule has 4 rings (SSSR count). The summed E-state index contributed by atoms with van der Waals surface area (Å²) in [6.07, 6.45) is 4.67. The van der Waals surface area contributed by atoms with Crippen LogP contribution in [-0.4, -0.2) is 20.8 Å². The number of methoxy groups -OCH3 is 2. The molecular weight excluding hydrogens is 417 g/mol. The first kappa shape index (κ1) is 24.3. The van der Waals surface area contributed by atoms with Gasteiger partial charge in [-0.3, -0.25) is 0 Å². The van der Waals surface area contributed by atoms with Crippen LogP contribution in [0.15, 0.2) is 66.7 Å². The molecule has 3 aromatic carbocycles. The average Bonchev–Trinajstić information content (AvgIpc) is 2.87. The molecule has 4 nitrogen and oxygen atoms in total. The van der Waals surface area contributed by atoms with Gasteiger partial charge in [-0.1, -0.05) is 56.3 Å². The van der Waals surface area contributed by atoms with Crippen molar-refractivity contribution in [1.29, 1.82) is 0 Å². The van der Waals surface area contributed by atoms with Crippen LogP contribution in [0.3, 0.4) is 0 Å². The smallest absolute Gasteiger partial charge is 0.161 e. The molecule has 3 aromatic rings. The number of halogens is 1. The highest BCUT2D eigenvalue weighted by atomic mass is 19.1. The molecule has 1 atom stereocenters. The van der Waals surface area contributed by atoms with Gasteiger partial charge in [-0.05, 0) is 47.4 Å². The van der Waals surface area contributed by atoms with Crippen molar-refractivity contribution in [2.24, 2.45) is 0 Å². The molecule has 0 saturated heterocycles. The second kappa shape index (κ2) is 12.1. The number of ether oxygens (including phenoxy) is 3. The van der Waals surface area contributed by atoms with Crippen LogP contribution in [0.2, 0.25) is 0 Å². The lowest BCUT2D eigenvalue weighted by Crippen LogP contribution is -2.28. The van der Waals surface area contributed by atoms with E-state index in [9.17, 15) is 4.39 Å². The zero-order valence-corrected chi connectivity index (χ0v) is 19.7. The molecule has 33 heavy (non-hydrogen) atoms. The lowest BCUT2D eigenvalue weighted by atomic mass is 9.93. The van der Waals surface area contributed by atoms with E-state index in [1.165, 1.54) is 18.7 Å². The SMILES string of the molecule is CC.COc1ccc(/C=C/C2NCCc3cc(OCc4ccccc4)c(OC)cc32)c(F)c1. The molecule has 1 unspecified atom stereocenters. The molecule has 1 N–H and O–H groups in total. The zero-order valence-electron chi connectivity index (χ0n) is 19.7. The quantitative estimate of drug-likeness (QED) is 0.456. The molecule has 0 fully saturated rings. The first-order chi connectivity index (χ1) is 16.2. The minimum Gasteiger partial charge on any atom is -0.497 e. The van der Waals surface area contributed by atoms with Gasteiger partial charge in [0, 0.05) is 18.2 Å². The van der Waals surface area contributed by atoms with Crippen molar-refractivity contribution in [3.8, 4) is 17.2 Å². The molecule has 0 bridgehead atoms. The van der Waals surface area contributed by atoms with Gasteiger partial charge in [-0.15, -0.1) is 0 Å². The standard InChI is InChI=1S/C26H26FNO3.C2H6/c1-29-21-10-8-19(23(27)15-21)9-11-24-22-16-25(30-2)26(14-20(22)12-13-28-24)31-17-18-6-4-3-5-7-18;1-2/h3-11,14-16,24,28H,12-13,17H2,1-2H3;1-2H3/b11-9+;.